The third-order valence-electron chi connectivity index (χ3n) is 3.23. The molecule has 0 fully saturated rings. The van der Waals surface area contributed by atoms with Crippen LogP contribution in [0.2, 0.25) is 0 Å². The maximum absolute atomic E-state index is 11.8. The van der Waals surface area contributed by atoms with Crippen molar-refractivity contribution in [1.82, 2.24) is 10.2 Å². The number of carbonyl (C=O) groups is 1. The third kappa shape index (κ3) is 5.58. The Bertz CT molecular complexity index is 661. The number of hydrogen-bond donors (Lipinski definition) is 1. The molecular formula is C16H20BrN3O2S. The summed E-state index contributed by atoms with van der Waals surface area (Å²) in [6.45, 7) is 4.62. The van der Waals surface area contributed by atoms with Gasteiger partial charge in [0.15, 0.2) is 0 Å². The molecule has 1 N–H and O–H groups in total. The van der Waals surface area contributed by atoms with Gasteiger partial charge in [-0.2, -0.15) is 0 Å². The van der Waals surface area contributed by atoms with E-state index in [2.05, 4.69) is 44.4 Å². The van der Waals surface area contributed by atoms with Gasteiger partial charge in [-0.05, 0) is 52.9 Å². The summed E-state index contributed by atoms with van der Waals surface area (Å²) in [7, 11) is 0. The van der Waals surface area contributed by atoms with Crippen LogP contribution in [0.1, 0.15) is 37.3 Å². The van der Waals surface area contributed by atoms with E-state index in [0.717, 1.165) is 28.1 Å². The number of nitrogens with one attached hydrogen (secondary N) is 1. The van der Waals surface area contributed by atoms with Gasteiger partial charge >= 0.3 is 0 Å². The number of aromatic nitrogens is 2. The molecule has 0 aliphatic heterocycles. The van der Waals surface area contributed by atoms with Crippen molar-refractivity contribution in [2.75, 3.05) is 11.9 Å². The first kappa shape index (κ1) is 17.9. The van der Waals surface area contributed by atoms with Gasteiger partial charge in [0.05, 0.1) is 11.1 Å². The average Bonchev–Trinajstić information content (AvgIpc) is 3.00. The molecule has 5 nitrogen and oxygen atoms in total. The lowest BCUT2D eigenvalue weighted by Crippen LogP contribution is -2.12. The molecule has 0 aliphatic carbocycles. The van der Waals surface area contributed by atoms with Crippen LogP contribution in [0, 0.1) is 0 Å². The van der Waals surface area contributed by atoms with Gasteiger partial charge in [0.2, 0.25) is 11.0 Å². The first-order chi connectivity index (χ1) is 11.1. The zero-order chi connectivity index (χ0) is 16.7. The number of rotatable bonds is 8. The first-order valence-corrected chi connectivity index (χ1v) is 9.26. The fourth-order valence-electron chi connectivity index (χ4n) is 1.92. The molecular weight excluding hydrogens is 378 g/mol. The van der Waals surface area contributed by atoms with Gasteiger partial charge in [0.25, 0.3) is 0 Å². The van der Waals surface area contributed by atoms with Crippen molar-refractivity contribution >= 4 is 38.3 Å². The summed E-state index contributed by atoms with van der Waals surface area (Å²) in [5.41, 5.74) is 1.26. The van der Waals surface area contributed by atoms with Crippen LogP contribution >= 0.6 is 27.3 Å². The Morgan fingerprint density at radius 3 is 2.78 bits per heavy atom. The van der Waals surface area contributed by atoms with E-state index in [1.807, 2.05) is 19.1 Å². The van der Waals surface area contributed by atoms with Gasteiger partial charge < -0.3 is 10.1 Å². The Labute approximate surface area is 148 Å². The summed E-state index contributed by atoms with van der Waals surface area (Å²) < 4.78 is 6.65. The topological polar surface area (TPSA) is 64.1 Å². The standard InChI is InChI=1S/C16H20BrN3O2S/c1-3-11-7-8-13(12(17)10-11)22-9-5-6-14(21)18-16-20-19-15(4-2)23-16/h7-8,10H,3-6,9H2,1-2H3,(H,18,20,21). The lowest BCUT2D eigenvalue weighted by atomic mass is 10.2. The molecule has 2 aromatic rings. The van der Waals surface area contributed by atoms with E-state index < -0.39 is 0 Å². The van der Waals surface area contributed by atoms with E-state index in [-0.39, 0.29) is 5.91 Å². The van der Waals surface area contributed by atoms with Crippen LogP contribution in [-0.4, -0.2) is 22.7 Å². The molecule has 0 spiro atoms. The van der Waals surface area contributed by atoms with E-state index in [1.54, 1.807) is 0 Å². The molecule has 0 atom stereocenters. The van der Waals surface area contributed by atoms with Gasteiger partial charge in [-0.25, -0.2) is 0 Å². The Kier molecular flexibility index (Phi) is 6.98. The maximum Gasteiger partial charge on any atom is 0.226 e. The molecule has 1 aromatic carbocycles. The second-order valence-electron chi connectivity index (χ2n) is 4.97. The van der Waals surface area contributed by atoms with Crippen LogP contribution < -0.4 is 10.1 Å². The fourth-order valence-corrected chi connectivity index (χ4v) is 3.16. The summed E-state index contributed by atoms with van der Waals surface area (Å²) in [5, 5.41) is 12.1. The van der Waals surface area contributed by atoms with Gasteiger partial charge in [-0.15, -0.1) is 10.2 Å². The summed E-state index contributed by atoms with van der Waals surface area (Å²) in [6, 6.07) is 6.06. The van der Waals surface area contributed by atoms with Crippen LogP contribution in [0.4, 0.5) is 5.13 Å². The highest BCUT2D eigenvalue weighted by Gasteiger charge is 2.08. The minimum absolute atomic E-state index is 0.0622. The predicted molar refractivity (Wildman–Crippen MR) is 96.2 cm³/mol. The van der Waals surface area contributed by atoms with Crippen molar-refractivity contribution in [1.29, 1.82) is 0 Å². The number of aryl methyl sites for hydroxylation is 2. The zero-order valence-electron chi connectivity index (χ0n) is 13.3. The van der Waals surface area contributed by atoms with Crippen LogP contribution in [-0.2, 0) is 17.6 Å². The van der Waals surface area contributed by atoms with Crippen molar-refractivity contribution in [3.05, 3.63) is 33.2 Å². The van der Waals surface area contributed by atoms with Crippen LogP contribution in [0.15, 0.2) is 22.7 Å². The van der Waals surface area contributed by atoms with E-state index in [0.29, 0.717) is 24.6 Å². The lowest BCUT2D eigenvalue weighted by Gasteiger charge is -2.09. The van der Waals surface area contributed by atoms with Crippen molar-refractivity contribution in [3.63, 3.8) is 0 Å². The fraction of sp³-hybridized carbons (Fsp3) is 0.438. The molecule has 1 aromatic heterocycles. The zero-order valence-corrected chi connectivity index (χ0v) is 15.7. The van der Waals surface area contributed by atoms with Crippen molar-refractivity contribution in [2.45, 2.75) is 39.5 Å². The van der Waals surface area contributed by atoms with Gasteiger partial charge in [0.1, 0.15) is 10.8 Å². The van der Waals surface area contributed by atoms with Crippen molar-refractivity contribution in [3.8, 4) is 5.75 Å². The quantitative estimate of drug-likeness (QED) is 0.677. The summed E-state index contributed by atoms with van der Waals surface area (Å²) in [5.74, 6) is 0.743. The number of carbonyl (C=O) groups excluding carboxylic acids is 1. The number of hydrogen-bond acceptors (Lipinski definition) is 5. The molecule has 0 saturated carbocycles. The molecule has 0 unspecified atom stereocenters. The molecule has 2 rings (SSSR count). The highest BCUT2D eigenvalue weighted by molar-refractivity contribution is 9.10. The van der Waals surface area contributed by atoms with Crippen LogP contribution in [0.5, 0.6) is 5.75 Å². The van der Waals surface area contributed by atoms with Gasteiger partial charge in [-0.1, -0.05) is 31.3 Å². The maximum atomic E-state index is 11.8. The minimum Gasteiger partial charge on any atom is -0.492 e. The van der Waals surface area contributed by atoms with Crippen molar-refractivity contribution < 1.29 is 9.53 Å². The molecule has 0 saturated heterocycles. The second kappa shape index (κ2) is 8.98. The summed E-state index contributed by atoms with van der Waals surface area (Å²) >= 11 is 4.92. The molecule has 1 amide bonds. The highest BCUT2D eigenvalue weighted by atomic mass is 79.9. The van der Waals surface area contributed by atoms with Crippen LogP contribution in [0.25, 0.3) is 0 Å². The predicted octanol–water partition coefficient (Wildman–Crippen LogP) is 4.22. The number of anilines is 1. The second-order valence-corrected chi connectivity index (χ2v) is 6.89. The average molecular weight is 398 g/mol. The lowest BCUT2D eigenvalue weighted by molar-refractivity contribution is -0.116. The number of nitrogens with zero attached hydrogens (tertiary/aromatic N) is 2. The molecule has 0 aliphatic rings. The molecule has 1 heterocycles. The molecule has 0 radical (unpaired) electrons. The number of amides is 1. The monoisotopic (exact) mass is 397 g/mol. The Balaban J connectivity index is 1.71. The molecule has 23 heavy (non-hydrogen) atoms. The van der Waals surface area contributed by atoms with E-state index in [1.165, 1.54) is 16.9 Å². The third-order valence-corrected chi connectivity index (χ3v) is 4.83. The minimum atomic E-state index is -0.0622. The molecule has 7 heteroatoms. The van der Waals surface area contributed by atoms with Gasteiger partial charge in [-0.3, -0.25) is 4.79 Å². The number of benzene rings is 1. The summed E-state index contributed by atoms with van der Waals surface area (Å²) in [6.07, 6.45) is 2.86. The smallest absolute Gasteiger partial charge is 0.226 e. The van der Waals surface area contributed by atoms with Crippen molar-refractivity contribution in [2.24, 2.45) is 0 Å². The van der Waals surface area contributed by atoms with Gasteiger partial charge in [0, 0.05) is 6.42 Å². The normalized spacial score (nSPS) is 10.6. The molecule has 124 valence electrons. The highest BCUT2D eigenvalue weighted by Crippen LogP contribution is 2.26. The Morgan fingerprint density at radius 1 is 1.30 bits per heavy atom. The molecule has 0 bridgehead atoms. The van der Waals surface area contributed by atoms with E-state index in [4.69, 9.17) is 4.74 Å². The Hall–Kier alpha value is -1.47. The Morgan fingerprint density at radius 2 is 2.13 bits per heavy atom. The number of halogens is 1. The van der Waals surface area contributed by atoms with Crippen LogP contribution in [0.3, 0.4) is 0 Å². The largest absolute Gasteiger partial charge is 0.492 e. The van der Waals surface area contributed by atoms with E-state index in [9.17, 15) is 4.79 Å². The SMILES string of the molecule is CCc1ccc(OCCCC(=O)Nc2nnc(CC)s2)c(Br)c1. The summed E-state index contributed by atoms with van der Waals surface area (Å²) in [4.78, 5) is 11.8. The van der Waals surface area contributed by atoms with E-state index >= 15 is 0 Å². The first-order valence-electron chi connectivity index (χ1n) is 7.65. The number of ether oxygens (including phenoxy) is 1.